The van der Waals surface area contributed by atoms with E-state index in [0.717, 1.165) is 10.4 Å². The minimum Gasteiger partial charge on any atom is -0.480 e. The first-order chi connectivity index (χ1) is 21.5. The van der Waals surface area contributed by atoms with E-state index in [1.807, 2.05) is 0 Å². The number of hydrogen-bond acceptors (Lipinski definition) is 8. The molecule has 14 heteroatoms. The third-order valence-corrected chi connectivity index (χ3v) is 8.86. The van der Waals surface area contributed by atoms with Gasteiger partial charge < -0.3 is 24.6 Å². The Balaban J connectivity index is 1.47. The Kier molecular flexibility index (Phi) is 10.0. The van der Waals surface area contributed by atoms with Gasteiger partial charge in [0.25, 0.3) is 0 Å². The van der Waals surface area contributed by atoms with Crippen LogP contribution in [-0.2, 0) is 41.1 Å². The highest BCUT2D eigenvalue weighted by atomic mass is 32.2. The topological polar surface area (TPSA) is 149 Å². The first kappa shape index (κ1) is 34.3. The SMILES string of the molecule is C[C@@H](OC(=O)N[C@@H](Cc1cccc(S(=O)(=O)N2CC(Oc3cccc(F)c3)(c3ccc(F)cc3)C2)c1)C(=O)O)OC(=O)C(C)(C)C. The van der Waals surface area contributed by atoms with E-state index in [1.165, 1.54) is 73.7 Å². The molecule has 246 valence electrons. The van der Waals surface area contributed by atoms with E-state index < -0.39 is 63.0 Å². The third-order valence-electron chi connectivity index (χ3n) is 7.07. The lowest BCUT2D eigenvalue weighted by Crippen LogP contribution is -2.64. The van der Waals surface area contributed by atoms with Crippen LogP contribution in [0.3, 0.4) is 0 Å². The van der Waals surface area contributed by atoms with Gasteiger partial charge in [-0.2, -0.15) is 4.31 Å². The second-order valence-corrected chi connectivity index (χ2v) is 13.8. The molecule has 0 aliphatic carbocycles. The molecule has 0 radical (unpaired) electrons. The second kappa shape index (κ2) is 13.4. The molecule has 3 aromatic carbocycles. The molecule has 1 fully saturated rings. The van der Waals surface area contributed by atoms with E-state index in [0.29, 0.717) is 5.56 Å². The Morgan fingerprint density at radius 3 is 2.22 bits per heavy atom. The van der Waals surface area contributed by atoms with Gasteiger partial charge in [-0.15, -0.1) is 0 Å². The summed E-state index contributed by atoms with van der Waals surface area (Å²) in [7, 11) is -4.13. The van der Waals surface area contributed by atoms with Crippen LogP contribution < -0.4 is 10.1 Å². The van der Waals surface area contributed by atoms with Crippen molar-refractivity contribution in [3.05, 3.63) is 95.6 Å². The fourth-order valence-corrected chi connectivity index (χ4v) is 6.21. The van der Waals surface area contributed by atoms with Crippen LogP contribution in [0.1, 0.15) is 38.8 Å². The van der Waals surface area contributed by atoms with Gasteiger partial charge in [0.2, 0.25) is 16.3 Å². The molecule has 4 rings (SSSR count). The smallest absolute Gasteiger partial charge is 0.410 e. The van der Waals surface area contributed by atoms with Crippen LogP contribution >= 0.6 is 0 Å². The fourth-order valence-electron chi connectivity index (χ4n) is 4.61. The van der Waals surface area contributed by atoms with Crippen LogP contribution in [0, 0.1) is 17.0 Å². The number of sulfonamides is 1. The number of carbonyl (C=O) groups is 3. The molecule has 0 bridgehead atoms. The summed E-state index contributed by atoms with van der Waals surface area (Å²) in [5.41, 5.74) is -1.32. The Bertz CT molecular complexity index is 1700. The van der Waals surface area contributed by atoms with Crippen molar-refractivity contribution in [2.24, 2.45) is 5.41 Å². The lowest BCUT2D eigenvalue weighted by Gasteiger charge is -2.48. The van der Waals surface area contributed by atoms with Crippen molar-refractivity contribution in [2.45, 2.75) is 56.9 Å². The zero-order valence-corrected chi connectivity index (χ0v) is 26.3. The highest BCUT2D eigenvalue weighted by Gasteiger charge is 2.52. The molecule has 1 heterocycles. The Labute approximate surface area is 265 Å². The molecule has 0 spiro atoms. The number of ether oxygens (including phenoxy) is 3. The van der Waals surface area contributed by atoms with Gasteiger partial charge in [-0.05, 0) is 68.3 Å². The largest absolute Gasteiger partial charge is 0.480 e. The first-order valence-corrected chi connectivity index (χ1v) is 15.6. The van der Waals surface area contributed by atoms with Gasteiger partial charge >= 0.3 is 18.0 Å². The number of rotatable bonds is 11. The van der Waals surface area contributed by atoms with Gasteiger partial charge in [0, 0.05) is 19.4 Å². The zero-order valence-electron chi connectivity index (χ0n) is 25.5. The third kappa shape index (κ3) is 8.17. The van der Waals surface area contributed by atoms with E-state index in [9.17, 15) is 36.7 Å². The molecule has 46 heavy (non-hydrogen) atoms. The zero-order chi connectivity index (χ0) is 33.9. The fraction of sp³-hybridized carbons (Fsp3) is 0.344. The molecule has 1 aliphatic rings. The molecule has 1 aliphatic heterocycles. The quantitative estimate of drug-likeness (QED) is 0.222. The van der Waals surface area contributed by atoms with Crippen LogP contribution in [0.15, 0.2) is 77.7 Å². The number of carboxylic acids is 1. The number of carboxylic acid groups (broad SMARTS) is 1. The average molecular weight is 661 g/mol. The summed E-state index contributed by atoms with van der Waals surface area (Å²) in [6.07, 6.45) is -2.74. The number of halogens is 2. The number of carbonyl (C=O) groups excluding carboxylic acids is 2. The number of nitrogens with one attached hydrogen (secondary N) is 1. The first-order valence-electron chi connectivity index (χ1n) is 14.2. The normalized spacial score (nSPS) is 16.0. The molecular formula is C32H34F2N2O9S. The highest BCUT2D eigenvalue weighted by molar-refractivity contribution is 7.89. The van der Waals surface area contributed by atoms with Crippen molar-refractivity contribution in [2.75, 3.05) is 13.1 Å². The standard InChI is InChI=1S/C32H34F2N2O9S/c1-20(43-29(39)31(2,3)4)44-30(40)35-27(28(37)38)16-21-7-5-10-26(15-21)46(41,42)36-18-32(19-36,22-11-13-23(33)14-12-22)45-25-9-6-8-24(34)17-25/h5-15,17,20,27H,16,18-19H2,1-4H3,(H,35,40)(H,37,38)/t20-,27+/m1/s1. The number of esters is 1. The summed E-state index contributed by atoms with van der Waals surface area (Å²) in [6.45, 7) is 5.79. The number of nitrogens with zero attached hydrogens (tertiary/aromatic N) is 1. The van der Waals surface area contributed by atoms with Crippen LogP contribution in [0.2, 0.25) is 0 Å². The van der Waals surface area contributed by atoms with Gasteiger partial charge in [0.1, 0.15) is 23.4 Å². The summed E-state index contributed by atoms with van der Waals surface area (Å²) < 4.78 is 72.0. The Hall–Kier alpha value is -4.56. The number of aliphatic carboxylic acids is 1. The maximum absolute atomic E-state index is 13.9. The Morgan fingerprint density at radius 2 is 1.61 bits per heavy atom. The maximum Gasteiger partial charge on any atom is 0.410 e. The number of amides is 1. The van der Waals surface area contributed by atoms with Crippen molar-refractivity contribution in [1.29, 1.82) is 0 Å². The molecule has 11 nitrogen and oxygen atoms in total. The van der Waals surface area contributed by atoms with Gasteiger partial charge in [0.05, 0.1) is 23.4 Å². The predicted molar refractivity (Wildman–Crippen MR) is 160 cm³/mol. The molecule has 0 unspecified atom stereocenters. The lowest BCUT2D eigenvalue weighted by atomic mass is 9.87. The van der Waals surface area contributed by atoms with Crippen LogP contribution in [0.4, 0.5) is 13.6 Å². The molecule has 1 amide bonds. The van der Waals surface area contributed by atoms with E-state index in [4.69, 9.17) is 14.2 Å². The molecule has 2 N–H and O–H groups in total. The van der Waals surface area contributed by atoms with Crippen LogP contribution in [0.25, 0.3) is 0 Å². The molecule has 0 aromatic heterocycles. The molecular weight excluding hydrogens is 626 g/mol. The summed E-state index contributed by atoms with van der Waals surface area (Å²) >= 11 is 0. The second-order valence-electron chi connectivity index (χ2n) is 11.8. The van der Waals surface area contributed by atoms with Crippen molar-refractivity contribution in [3.8, 4) is 5.75 Å². The summed E-state index contributed by atoms with van der Waals surface area (Å²) in [5.74, 6) is -2.92. The molecule has 3 aromatic rings. The number of hydrogen-bond donors (Lipinski definition) is 2. The van der Waals surface area contributed by atoms with Crippen molar-refractivity contribution >= 4 is 28.1 Å². The van der Waals surface area contributed by atoms with Gasteiger partial charge in [-0.3, -0.25) is 4.79 Å². The van der Waals surface area contributed by atoms with Gasteiger partial charge in [-0.1, -0.05) is 30.3 Å². The van der Waals surface area contributed by atoms with E-state index in [-0.39, 0.29) is 35.7 Å². The highest BCUT2D eigenvalue weighted by Crippen LogP contribution is 2.40. The maximum atomic E-state index is 13.9. The average Bonchev–Trinajstić information content (AvgIpc) is 2.94. The van der Waals surface area contributed by atoms with E-state index in [2.05, 4.69) is 5.32 Å². The molecule has 2 atom stereocenters. The molecule has 0 saturated carbocycles. The van der Waals surface area contributed by atoms with Crippen molar-refractivity contribution in [3.63, 3.8) is 0 Å². The van der Waals surface area contributed by atoms with Crippen molar-refractivity contribution in [1.82, 2.24) is 9.62 Å². The number of benzene rings is 3. The van der Waals surface area contributed by atoms with Crippen LogP contribution in [0.5, 0.6) is 5.75 Å². The minimum absolute atomic E-state index is 0.141. The number of alkyl carbamates (subject to hydrolysis) is 1. The lowest BCUT2D eigenvalue weighted by molar-refractivity contribution is -0.174. The summed E-state index contributed by atoms with van der Waals surface area (Å²) in [4.78, 5) is 36.2. The van der Waals surface area contributed by atoms with Gasteiger partial charge in [0.15, 0.2) is 5.60 Å². The molecule has 1 saturated heterocycles. The predicted octanol–water partition coefficient (Wildman–Crippen LogP) is 4.60. The monoisotopic (exact) mass is 660 g/mol. The van der Waals surface area contributed by atoms with E-state index in [1.54, 1.807) is 20.8 Å². The van der Waals surface area contributed by atoms with Crippen LogP contribution in [-0.4, -0.2) is 61.3 Å². The van der Waals surface area contributed by atoms with E-state index >= 15 is 0 Å². The van der Waals surface area contributed by atoms with Crippen molar-refractivity contribution < 1.29 is 50.9 Å². The Morgan fingerprint density at radius 1 is 0.957 bits per heavy atom. The van der Waals surface area contributed by atoms with Gasteiger partial charge in [-0.25, -0.2) is 26.8 Å². The summed E-state index contributed by atoms with van der Waals surface area (Å²) in [5, 5.41) is 11.9. The minimum atomic E-state index is -4.13. The summed E-state index contributed by atoms with van der Waals surface area (Å²) in [6, 6.07) is 14.8.